The fourth-order valence-corrected chi connectivity index (χ4v) is 4.50. The van der Waals surface area contributed by atoms with E-state index in [0.717, 1.165) is 30.1 Å². The third-order valence-corrected chi connectivity index (χ3v) is 6.61. The lowest BCUT2D eigenvalue weighted by atomic mass is 9.93. The Kier molecular flexibility index (Phi) is 5.11. The summed E-state index contributed by atoms with van der Waals surface area (Å²) in [5, 5.41) is 3.10. The summed E-state index contributed by atoms with van der Waals surface area (Å²) >= 11 is 0. The van der Waals surface area contributed by atoms with Crippen molar-refractivity contribution in [3.63, 3.8) is 0 Å². The van der Waals surface area contributed by atoms with E-state index >= 15 is 0 Å². The van der Waals surface area contributed by atoms with Gasteiger partial charge in [0.15, 0.2) is 5.78 Å². The fourth-order valence-electron chi connectivity index (χ4n) is 4.50. The van der Waals surface area contributed by atoms with Gasteiger partial charge in [0.2, 0.25) is 5.91 Å². The van der Waals surface area contributed by atoms with Crippen LogP contribution in [-0.2, 0) is 17.4 Å². The quantitative estimate of drug-likeness (QED) is 0.550. The van der Waals surface area contributed by atoms with E-state index in [-0.39, 0.29) is 29.7 Å². The molecule has 1 fully saturated rings. The topological polar surface area (TPSA) is 64.0 Å². The molecule has 1 unspecified atom stereocenters. The molecule has 2 aliphatic rings. The van der Waals surface area contributed by atoms with Gasteiger partial charge in [-0.15, -0.1) is 0 Å². The normalized spacial score (nSPS) is 18.6. The van der Waals surface area contributed by atoms with Gasteiger partial charge in [-0.1, -0.05) is 30.3 Å². The van der Waals surface area contributed by atoms with Crippen molar-refractivity contribution in [3.05, 3.63) is 83.4 Å². The molecule has 2 heterocycles. The Morgan fingerprint density at radius 2 is 1.82 bits per heavy atom. The van der Waals surface area contributed by atoms with E-state index < -0.39 is 17.2 Å². The van der Waals surface area contributed by atoms with Crippen LogP contribution >= 0.6 is 0 Å². The van der Waals surface area contributed by atoms with Crippen molar-refractivity contribution in [1.29, 1.82) is 0 Å². The SMILES string of the molecule is O=C(CC1(C(=O)NC2CCc3ccccc3-n3ccnc32)CC1)c1ccc(C(F)(F)F)cc1. The van der Waals surface area contributed by atoms with Crippen molar-refractivity contribution < 1.29 is 22.8 Å². The van der Waals surface area contributed by atoms with Crippen LogP contribution in [0.3, 0.4) is 0 Å². The summed E-state index contributed by atoms with van der Waals surface area (Å²) in [7, 11) is 0. The van der Waals surface area contributed by atoms with Gasteiger partial charge in [0.05, 0.1) is 17.0 Å². The molecule has 3 aromatic rings. The second kappa shape index (κ2) is 7.86. The van der Waals surface area contributed by atoms with Gasteiger partial charge in [-0.2, -0.15) is 13.2 Å². The molecule has 0 radical (unpaired) electrons. The Labute approximate surface area is 188 Å². The molecule has 1 aromatic heterocycles. The van der Waals surface area contributed by atoms with Crippen LogP contribution in [-0.4, -0.2) is 21.2 Å². The maximum Gasteiger partial charge on any atom is 0.416 e. The number of imidazole rings is 1. The van der Waals surface area contributed by atoms with E-state index in [1.165, 1.54) is 17.7 Å². The molecule has 8 heteroatoms. The molecule has 5 rings (SSSR count). The molecular formula is C25H22F3N3O2. The highest BCUT2D eigenvalue weighted by molar-refractivity contribution is 6.00. The Bertz CT molecular complexity index is 1210. The second-order valence-corrected chi connectivity index (χ2v) is 8.80. The lowest BCUT2D eigenvalue weighted by molar-refractivity contribution is -0.137. The highest BCUT2D eigenvalue weighted by Gasteiger charge is 2.51. The number of nitrogens with one attached hydrogen (secondary N) is 1. The molecule has 1 N–H and O–H groups in total. The molecule has 0 spiro atoms. The number of amides is 1. The van der Waals surface area contributed by atoms with Crippen LogP contribution < -0.4 is 5.32 Å². The highest BCUT2D eigenvalue weighted by Crippen LogP contribution is 2.50. The van der Waals surface area contributed by atoms with Crippen LogP contribution in [0.2, 0.25) is 0 Å². The lowest BCUT2D eigenvalue weighted by Crippen LogP contribution is -2.37. The van der Waals surface area contributed by atoms with E-state index in [1.54, 1.807) is 6.20 Å². The highest BCUT2D eigenvalue weighted by atomic mass is 19.4. The first-order valence-electron chi connectivity index (χ1n) is 10.9. The van der Waals surface area contributed by atoms with Gasteiger partial charge in [-0.3, -0.25) is 9.59 Å². The van der Waals surface area contributed by atoms with Gasteiger partial charge in [0.1, 0.15) is 5.82 Å². The van der Waals surface area contributed by atoms with Crippen molar-refractivity contribution >= 4 is 11.7 Å². The summed E-state index contributed by atoms with van der Waals surface area (Å²) in [6.07, 6.45) is 1.72. The summed E-state index contributed by atoms with van der Waals surface area (Å²) in [6.45, 7) is 0. The number of ketones is 1. The maximum absolute atomic E-state index is 13.2. The van der Waals surface area contributed by atoms with E-state index in [2.05, 4.69) is 16.4 Å². The number of para-hydroxylation sites is 1. The van der Waals surface area contributed by atoms with Gasteiger partial charge < -0.3 is 9.88 Å². The third-order valence-electron chi connectivity index (χ3n) is 6.61. The van der Waals surface area contributed by atoms with Crippen LogP contribution in [0.25, 0.3) is 5.69 Å². The number of carbonyl (C=O) groups is 2. The van der Waals surface area contributed by atoms with Crippen LogP contribution in [0.5, 0.6) is 0 Å². The zero-order valence-electron chi connectivity index (χ0n) is 17.7. The molecule has 33 heavy (non-hydrogen) atoms. The minimum Gasteiger partial charge on any atom is -0.346 e. The molecule has 1 amide bonds. The van der Waals surface area contributed by atoms with Crippen molar-refractivity contribution in [3.8, 4) is 5.69 Å². The van der Waals surface area contributed by atoms with Crippen LogP contribution in [0.15, 0.2) is 60.9 Å². The van der Waals surface area contributed by atoms with E-state index in [0.29, 0.717) is 19.3 Å². The van der Waals surface area contributed by atoms with E-state index in [4.69, 9.17) is 0 Å². The number of hydrogen-bond donors (Lipinski definition) is 1. The number of rotatable bonds is 5. The average Bonchev–Trinajstić information content (AvgIpc) is 3.45. The first kappa shape index (κ1) is 21.4. The van der Waals surface area contributed by atoms with Gasteiger partial charge in [-0.05, 0) is 49.4 Å². The van der Waals surface area contributed by atoms with Gasteiger partial charge >= 0.3 is 6.18 Å². The summed E-state index contributed by atoms with van der Waals surface area (Å²) in [5.74, 6) is 0.220. The summed E-state index contributed by atoms with van der Waals surface area (Å²) < 4.78 is 40.3. The number of hydrogen-bond acceptors (Lipinski definition) is 3. The van der Waals surface area contributed by atoms with Gasteiger partial charge in [0.25, 0.3) is 0 Å². The monoisotopic (exact) mass is 453 g/mol. The number of Topliss-reactive ketones (excluding diaryl/α,β-unsaturated/α-hetero) is 1. The molecular weight excluding hydrogens is 431 g/mol. The number of nitrogens with zero attached hydrogens (tertiary/aromatic N) is 2. The zero-order valence-corrected chi connectivity index (χ0v) is 17.7. The molecule has 5 nitrogen and oxygen atoms in total. The minimum absolute atomic E-state index is 0.0222. The average molecular weight is 453 g/mol. The summed E-state index contributed by atoms with van der Waals surface area (Å²) in [6, 6.07) is 11.9. The predicted octanol–water partition coefficient (Wildman–Crippen LogP) is 5.05. The molecule has 1 aliphatic carbocycles. The van der Waals surface area contributed by atoms with Crippen LogP contribution in [0.1, 0.15) is 59.0 Å². The molecule has 0 bridgehead atoms. The summed E-state index contributed by atoms with van der Waals surface area (Å²) in [5.41, 5.74) is 0.786. The van der Waals surface area contributed by atoms with Crippen molar-refractivity contribution in [1.82, 2.24) is 14.9 Å². The number of carbonyl (C=O) groups excluding carboxylic acids is 2. The smallest absolute Gasteiger partial charge is 0.346 e. The molecule has 0 saturated heterocycles. The molecule has 2 aromatic carbocycles. The molecule has 1 atom stereocenters. The minimum atomic E-state index is -4.46. The second-order valence-electron chi connectivity index (χ2n) is 8.80. The number of aryl methyl sites for hydroxylation is 1. The molecule has 1 saturated carbocycles. The Morgan fingerprint density at radius 3 is 2.52 bits per heavy atom. The van der Waals surface area contributed by atoms with Gasteiger partial charge in [0, 0.05) is 30.1 Å². The Balaban J connectivity index is 1.30. The zero-order chi connectivity index (χ0) is 23.2. The molecule has 170 valence electrons. The van der Waals surface area contributed by atoms with E-state index in [1.807, 2.05) is 29.0 Å². The lowest BCUT2D eigenvalue weighted by Gasteiger charge is -2.21. The summed E-state index contributed by atoms with van der Waals surface area (Å²) in [4.78, 5) is 30.4. The van der Waals surface area contributed by atoms with Gasteiger partial charge in [-0.25, -0.2) is 4.98 Å². The maximum atomic E-state index is 13.2. The first-order valence-corrected chi connectivity index (χ1v) is 10.9. The predicted molar refractivity (Wildman–Crippen MR) is 115 cm³/mol. The van der Waals surface area contributed by atoms with Crippen LogP contribution in [0.4, 0.5) is 13.2 Å². The Morgan fingerprint density at radius 1 is 1.09 bits per heavy atom. The molecule has 1 aliphatic heterocycles. The van der Waals surface area contributed by atoms with Crippen molar-refractivity contribution in [2.75, 3.05) is 0 Å². The number of alkyl halides is 3. The van der Waals surface area contributed by atoms with Crippen molar-refractivity contribution in [2.24, 2.45) is 5.41 Å². The largest absolute Gasteiger partial charge is 0.416 e. The number of halogens is 3. The van der Waals surface area contributed by atoms with Crippen LogP contribution in [0, 0.1) is 5.41 Å². The third kappa shape index (κ3) is 4.05. The number of benzene rings is 2. The number of aromatic nitrogens is 2. The fraction of sp³-hybridized carbons (Fsp3) is 0.320. The van der Waals surface area contributed by atoms with E-state index in [9.17, 15) is 22.8 Å². The first-order chi connectivity index (χ1) is 15.8. The number of fused-ring (bicyclic) bond motifs is 3. The standard InChI is InChI=1S/C25H22F3N3O2/c26-25(27,28)18-8-5-17(6-9-18)21(32)15-24(11-12-24)23(33)30-19-10-7-16-3-1-2-4-20(16)31-14-13-29-22(19)31/h1-6,8-9,13-14,19H,7,10-12,15H2,(H,30,33). The van der Waals surface area contributed by atoms with Crippen molar-refractivity contribution in [2.45, 2.75) is 44.3 Å². The Hall–Kier alpha value is -3.42.